The first-order chi connectivity index (χ1) is 12.6. The molecule has 2 atom stereocenters. The fourth-order valence-electron chi connectivity index (χ4n) is 3.06. The quantitative estimate of drug-likeness (QED) is 0.404. The lowest BCUT2D eigenvalue weighted by molar-refractivity contribution is -0.385. The number of carbonyl (C=O) groups excluding carboxylic acids is 2. The molecule has 2 rings (SSSR count). The number of aryl methyl sites for hydroxylation is 1. The maximum absolute atomic E-state index is 12.6. The number of likely N-dealkylation sites (N-methyl/N-ethyl adjacent to an activating group) is 1. The van der Waals surface area contributed by atoms with Crippen LogP contribution in [0.3, 0.4) is 0 Å². The van der Waals surface area contributed by atoms with Gasteiger partial charge in [0.2, 0.25) is 0 Å². The topological polar surface area (TPSA) is 124 Å². The van der Waals surface area contributed by atoms with Crippen LogP contribution in [-0.2, 0) is 19.4 Å². The molecule has 0 aromatic heterocycles. The lowest BCUT2D eigenvalue weighted by atomic mass is 10.1. The Labute approximate surface area is 157 Å². The predicted octanol–water partition coefficient (Wildman–Crippen LogP) is 1.48. The second-order valence-electron chi connectivity index (χ2n) is 6.49. The summed E-state index contributed by atoms with van der Waals surface area (Å²) in [5.74, 6) is -1.41. The molecule has 1 amide bonds. The van der Waals surface area contributed by atoms with Crippen molar-refractivity contribution < 1.29 is 27.7 Å². The van der Waals surface area contributed by atoms with E-state index in [1.807, 2.05) is 0 Å². The molecule has 0 radical (unpaired) electrons. The summed E-state index contributed by atoms with van der Waals surface area (Å²) in [4.78, 5) is 36.7. The van der Waals surface area contributed by atoms with Crippen LogP contribution in [0, 0.1) is 17.0 Å². The summed E-state index contributed by atoms with van der Waals surface area (Å²) in [6.45, 7) is 4.96. The van der Waals surface area contributed by atoms with Gasteiger partial charge in [-0.05, 0) is 33.3 Å². The van der Waals surface area contributed by atoms with Gasteiger partial charge >= 0.3 is 5.97 Å². The van der Waals surface area contributed by atoms with E-state index in [2.05, 4.69) is 0 Å². The van der Waals surface area contributed by atoms with E-state index in [-0.39, 0.29) is 29.3 Å². The normalized spacial score (nSPS) is 19.3. The highest BCUT2D eigenvalue weighted by atomic mass is 32.2. The fraction of sp³-hybridized carbons (Fsp3) is 0.529. The number of nitro benzene ring substituents is 1. The van der Waals surface area contributed by atoms with Crippen LogP contribution in [0.5, 0.6) is 0 Å². The molecule has 10 heteroatoms. The average Bonchev–Trinajstić information content (AvgIpc) is 2.95. The van der Waals surface area contributed by atoms with Crippen molar-refractivity contribution in [2.24, 2.45) is 0 Å². The first-order valence-corrected chi connectivity index (χ1v) is 10.3. The van der Waals surface area contributed by atoms with Gasteiger partial charge in [-0.15, -0.1) is 0 Å². The van der Waals surface area contributed by atoms with E-state index in [0.717, 1.165) is 6.07 Å². The van der Waals surface area contributed by atoms with Gasteiger partial charge in [0.1, 0.15) is 0 Å². The maximum atomic E-state index is 12.6. The Kier molecular flexibility index (Phi) is 6.19. The molecule has 1 aliphatic rings. The monoisotopic (exact) mass is 398 g/mol. The molecule has 1 fully saturated rings. The molecule has 148 valence electrons. The van der Waals surface area contributed by atoms with Crippen LogP contribution in [0.15, 0.2) is 18.2 Å². The maximum Gasteiger partial charge on any atom is 0.339 e. The molecule has 1 saturated heterocycles. The average molecular weight is 398 g/mol. The van der Waals surface area contributed by atoms with E-state index in [4.69, 9.17) is 4.74 Å². The molecular weight excluding hydrogens is 376 g/mol. The van der Waals surface area contributed by atoms with Gasteiger partial charge in [0, 0.05) is 24.2 Å². The largest absolute Gasteiger partial charge is 0.449 e. The van der Waals surface area contributed by atoms with Crippen LogP contribution in [0.25, 0.3) is 0 Å². The Morgan fingerprint density at radius 2 is 2.07 bits per heavy atom. The van der Waals surface area contributed by atoms with E-state index < -0.39 is 38.8 Å². The molecule has 0 N–H and O–H groups in total. The highest BCUT2D eigenvalue weighted by molar-refractivity contribution is 7.91. The van der Waals surface area contributed by atoms with Crippen molar-refractivity contribution in [2.75, 3.05) is 18.1 Å². The van der Waals surface area contributed by atoms with E-state index in [1.165, 1.54) is 24.0 Å². The Balaban J connectivity index is 2.10. The van der Waals surface area contributed by atoms with Crippen LogP contribution in [-0.4, -0.2) is 60.3 Å². The van der Waals surface area contributed by atoms with Gasteiger partial charge in [0.15, 0.2) is 15.9 Å². The molecular formula is C17H22N2O7S. The Hall–Kier alpha value is -2.49. The van der Waals surface area contributed by atoms with Gasteiger partial charge in [-0.2, -0.15) is 0 Å². The second-order valence-corrected chi connectivity index (χ2v) is 8.72. The first-order valence-electron chi connectivity index (χ1n) is 8.52. The summed E-state index contributed by atoms with van der Waals surface area (Å²) >= 11 is 0. The molecule has 0 bridgehead atoms. The number of hydrogen-bond acceptors (Lipinski definition) is 7. The SMILES string of the molecule is CCN(C(=O)C(C)OC(=O)c1ccc(C)c([N+](=O)[O-])c1)C1CCS(=O)(=O)C1. The van der Waals surface area contributed by atoms with E-state index >= 15 is 0 Å². The number of esters is 1. The third-order valence-corrected chi connectivity index (χ3v) is 6.30. The zero-order valence-electron chi connectivity index (χ0n) is 15.4. The van der Waals surface area contributed by atoms with Crippen LogP contribution in [0.2, 0.25) is 0 Å². The van der Waals surface area contributed by atoms with Crippen molar-refractivity contribution in [3.63, 3.8) is 0 Å². The summed E-state index contributed by atoms with van der Waals surface area (Å²) in [5, 5.41) is 11.0. The third-order valence-electron chi connectivity index (χ3n) is 4.55. The highest BCUT2D eigenvalue weighted by Gasteiger charge is 2.36. The van der Waals surface area contributed by atoms with Gasteiger partial charge in [0.25, 0.3) is 11.6 Å². The van der Waals surface area contributed by atoms with Gasteiger partial charge < -0.3 is 9.64 Å². The van der Waals surface area contributed by atoms with Gasteiger partial charge in [-0.3, -0.25) is 14.9 Å². The van der Waals surface area contributed by atoms with Gasteiger partial charge in [0.05, 0.1) is 22.0 Å². The number of ether oxygens (including phenoxy) is 1. The second kappa shape index (κ2) is 8.03. The van der Waals surface area contributed by atoms with Crippen molar-refractivity contribution in [1.29, 1.82) is 0 Å². The molecule has 0 aliphatic carbocycles. The smallest absolute Gasteiger partial charge is 0.339 e. The van der Waals surface area contributed by atoms with Crippen molar-refractivity contribution in [3.05, 3.63) is 39.4 Å². The van der Waals surface area contributed by atoms with Crippen LogP contribution in [0.1, 0.15) is 36.2 Å². The third kappa shape index (κ3) is 4.82. The van der Waals surface area contributed by atoms with Crippen molar-refractivity contribution in [3.8, 4) is 0 Å². The number of carbonyl (C=O) groups is 2. The van der Waals surface area contributed by atoms with Crippen LogP contribution >= 0.6 is 0 Å². The number of benzene rings is 1. The molecule has 27 heavy (non-hydrogen) atoms. The zero-order chi connectivity index (χ0) is 20.4. The summed E-state index contributed by atoms with van der Waals surface area (Å²) in [5.41, 5.74) is 0.161. The lowest BCUT2D eigenvalue weighted by Gasteiger charge is -2.29. The molecule has 1 aromatic rings. The minimum absolute atomic E-state index is 0.0292. The molecule has 9 nitrogen and oxygen atoms in total. The van der Waals surface area contributed by atoms with E-state index in [0.29, 0.717) is 12.0 Å². The summed E-state index contributed by atoms with van der Waals surface area (Å²) in [7, 11) is -3.16. The molecule has 1 aromatic carbocycles. The molecule has 2 unspecified atom stereocenters. The number of hydrogen-bond donors (Lipinski definition) is 0. The molecule has 1 heterocycles. The minimum atomic E-state index is -3.16. The van der Waals surface area contributed by atoms with Crippen LogP contribution < -0.4 is 0 Å². The summed E-state index contributed by atoms with van der Waals surface area (Å²) in [6.07, 6.45) is -0.784. The molecule has 1 aliphatic heterocycles. The van der Waals surface area contributed by atoms with Gasteiger partial charge in [-0.25, -0.2) is 13.2 Å². The Morgan fingerprint density at radius 3 is 2.59 bits per heavy atom. The number of nitrogens with zero attached hydrogens (tertiary/aromatic N) is 2. The lowest BCUT2D eigenvalue weighted by Crippen LogP contribution is -2.46. The van der Waals surface area contributed by atoms with Gasteiger partial charge in [-0.1, -0.05) is 6.07 Å². The Bertz CT molecular complexity index is 866. The summed E-state index contributed by atoms with van der Waals surface area (Å²) < 4.78 is 28.5. The standard InChI is InChI=1S/C17H22N2O7S/c1-4-18(14-7-8-27(24,25)10-14)16(20)12(3)26-17(21)13-6-5-11(2)15(9-13)19(22)23/h5-6,9,12,14H,4,7-8,10H2,1-3H3. The van der Waals surface area contributed by atoms with Crippen molar-refractivity contribution in [2.45, 2.75) is 39.3 Å². The zero-order valence-corrected chi connectivity index (χ0v) is 16.2. The minimum Gasteiger partial charge on any atom is -0.449 e. The Morgan fingerprint density at radius 1 is 1.41 bits per heavy atom. The number of rotatable bonds is 6. The number of nitro groups is 1. The van der Waals surface area contributed by atoms with E-state index in [1.54, 1.807) is 13.8 Å². The fourth-order valence-corrected chi connectivity index (χ4v) is 4.79. The highest BCUT2D eigenvalue weighted by Crippen LogP contribution is 2.21. The van der Waals surface area contributed by atoms with Crippen LogP contribution in [0.4, 0.5) is 5.69 Å². The predicted molar refractivity (Wildman–Crippen MR) is 97.2 cm³/mol. The number of amides is 1. The first kappa shape index (κ1) is 20.8. The van der Waals surface area contributed by atoms with E-state index in [9.17, 15) is 28.1 Å². The molecule has 0 saturated carbocycles. The van der Waals surface area contributed by atoms with Crippen molar-refractivity contribution in [1.82, 2.24) is 4.90 Å². The summed E-state index contributed by atoms with van der Waals surface area (Å²) in [6, 6.07) is 3.50. The molecule has 0 spiro atoms. The van der Waals surface area contributed by atoms with Crippen molar-refractivity contribution >= 4 is 27.4 Å². The number of sulfone groups is 1.